The van der Waals surface area contributed by atoms with Crippen LogP contribution in [0.2, 0.25) is 0 Å². The SMILES string of the molecule is CC1CC(CC(C)(C)C)CCN1. The highest BCUT2D eigenvalue weighted by Gasteiger charge is 2.23. The third kappa shape index (κ3) is 3.57. The zero-order valence-corrected chi connectivity index (χ0v) is 8.98. The maximum absolute atomic E-state index is 3.50. The molecule has 0 spiro atoms. The molecule has 1 aliphatic heterocycles. The summed E-state index contributed by atoms with van der Waals surface area (Å²) in [7, 11) is 0. The van der Waals surface area contributed by atoms with E-state index in [1.54, 1.807) is 0 Å². The minimum absolute atomic E-state index is 0.516. The third-order valence-corrected chi connectivity index (χ3v) is 2.63. The van der Waals surface area contributed by atoms with Gasteiger partial charge in [-0.25, -0.2) is 0 Å². The molecule has 0 amide bonds. The van der Waals surface area contributed by atoms with Gasteiger partial charge >= 0.3 is 0 Å². The lowest BCUT2D eigenvalue weighted by atomic mass is 9.79. The van der Waals surface area contributed by atoms with Gasteiger partial charge in [0, 0.05) is 6.04 Å². The van der Waals surface area contributed by atoms with Crippen LogP contribution in [-0.2, 0) is 0 Å². The number of hydrogen-bond donors (Lipinski definition) is 1. The van der Waals surface area contributed by atoms with Crippen LogP contribution in [0.4, 0.5) is 0 Å². The number of hydrogen-bond acceptors (Lipinski definition) is 1. The summed E-state index contributed by atoms with van der Waals surface area (Å²) in [4.78, 5) is 0. The summed E-state index contributed by atoms with van der Waals surface area (Å²) in [5, 5.41) is 3.50. The molecule has 12 heavy (non-hydrogen) atoms. The van der Waals surface area contributed by atoms with E-state index in [0.717, 1.165) is 12.0 Å². The molecule has 2 unspecified atom stereocenters. The van der Waals surface area contributed by atoms with E-state index >= 15 is 0 Å². The van der Waals surface area contributed by atoms with Crippen molar-refractivity contribution in [1.29, 1.82) is 0 Å². The summed E-state index contributed by atoms with van der Waals surface area (Å²) in [6.07, 6.45) is 4.14. The fourth-order valence-corrected chi connectivity index (χ4v) is 2.29. The summed E-state index contributed by atoms with van der Waals surface area (Å²) in [5.41, 5.74) is 0.516. The van der Waals surface area contributed by atoms with Crippen LogP contribution in [0.5, 0.6) is 0 Å². The second-order valence-electron chi connectivity index (χ2n) is 5.51. The number of rotatable bonds is 1. The summed E-state index contributed by atoms with van der Waals surface area (Å²) < 4.78 is 0. The highest BCUT2D eigenvalue weighted by molar-refractivity contribution is 4.78. The predicted molar refractivity (Wildman–Crippen MR) is 54.3 cm³/mol. The number of nitrogens with one attached hydrogen (secondary N) is 1. The topological polar surface area (TPSA) is 12.0 Å². The van der Waals surface area contributed by atoms with Gasteiger partial charge in [-0.1, -0.05) is 20.8 Å². The van der Waals surface area contributed by atoms with Crippen molar-refractivity contribution in [2.45, 2.75) is 53.0 Å². The Labute approximate surface area is 76.9 Å². The normalized spacial score (nSPS) is 32.0. The summed E-state index contributed by atoms with van der Waals surface area (Å²) in [6.45, 7) is 10.6. The van der Waals surface area contributed by atoms with Crippen molar-refractivity contribution in [2.75, 3.05) is 6.54 Å². The van der Waals surface area contributed by atoms with Crippen LogP contribution in [0.1, 0.15) is 47.0 Å². The first-order valence-corrected chi connectivity index (χ1v) is 5.21. The molecular formula is C11H23N. The lowest BCUT2D eigenvalue weighted by molar-refractivity contribution is 0.224. The largest absolute Gasteiger partial charge is 0.314 e. The van der Waals surface area contributed by atoms with Crippen LogP contribution in [0, 0.1) is 11.3 Å². The van der Waals surface area contributed by atoms with Crippen molar-refractivity contribution < 1.29 is 0 Å². The Morgan fingerprint density at radius 1 is 1.33 bits per heavy atom. The van der Waals surface area contributed by atoms with E-state index in [-0.39, 0.29) is 0 Å². The van der Waals surface area contributed by atoms with Gasteiger partial charge in [0.15, 0.2) is 0 Å². The van der Waals surface area contributed by atoms with Crippen LogP contribution in [0.3, 0.4) is 0 Å². The molecule has 0 aromatic rings. The molecule has 1 N–H and O–H groups in total. The molecule has 1 saturated heterocycles. The molecule has 0 aromatic carbocycles. The summed E-state index contributed by atoms with van der Waals surface area (Å²) in [6, 6.07) is 0.742. The average Bonchev–Trinajstić information content (AvgIpc) is 1.82. The quantitative estimate of drug-likeness (QED) is 0.636. The molecular weight excluding hydrogens is 146 g/mol. The van der Waals surface area contributed by atoms with Crippen molar-refractivity contribution >= 4 is 0 Å². The molecule has 1 aliphatic rings. The molecule has 1 nitrogen and oxygen atoms in total. The molecule has 0 aromatic heterocycles. The predicted octanol–water partition coefficient (Wildman–Crippen LogP) is 2.81. The Morgan fingerprint density at radius 3 is 2.50 bits per heavy atom. The van der Waals surface area contributed by atoms with Crippen molar-refractivity contribution in [3.05, 3.63) is 0 Å². The lowest BCUT2D eigenvalue weighted by Crippen LogP contribution is -2.36. The van der Waals surface area contributed by atoms with Crippen LogP contribution >= 0.6 is 0 Å². The monoisotopic (exact) mass is 169 g/mol. The van der Waals surface area contributed by atoms with E-state index < -0.39 is 0 Å². The van der Waals surface area contributed by atoms with Crippen LogP contribution in [-0.4, -0.2) is 12.6 Å². The van der Waals surface area contributed by atoms with Crippen LogP contribution in [0.25, 0.3) is 0 Å². The van der Waals surface area contributed by atoms with Crippen molar-refractivity contribution in [1.82, 2.24) is 5.32 Å². The highest BCUT2D eigenvalue weighted by Crippen LogP contribution is 2.30. The van der Waals surface area contributed by atoms with Gasteiger partial charge in [-0.3, -0.25) is 0 Å². The minimum atomic E-state index is 0.516. The summed E-state index contributed by atoms with van der Waals surface area (Å²) >= 11 is 0. The smallest absolute Gasteiger partial charge is 0.00413 e. The van der Waals surface area contributed by atoms with Gasteiger partial charge in [0.1, 0.15) is 0 Å². The van der Waals surface area contributed by atoms with E-state index in [1.807, 2.05) is 0 Å². The Bertz CT molecular complexity index is 134. The van der Waals surface area contributed by atoms with Gasteiger partial charge in [0.25, 0.3) is 0 Å². The first-order valence-electron chi connectivity index (χ1n) is 5.21. The van der Waals surface area contributed by atoms with Gasteiger partial charge in [0.05, 0.1) is 0 Å². The van der Waals surface area contributed by atoms with Gasteiger partial charge in [-0.15, -0.1) is 0 Å². The van der Waals surface area contributed by atoms with E-state index in [0.29, 0.717) is 5.41 Å². The Morgan fingerprint density at radius 2 is 2.00 bits per heavy atom. The van der Waals surface area contributed by atoms with Crippen molar-refractivity contribution in [3.8, 4) is 0 Å². The first kappa shape index (κ1) is 10.0. The molecule has 2 atom stereocenters. The van der Waals surface area contributed by atoms with E-state index in [4.69, 9.17) is 0 Å². The second-order valence-corrected chi connectivity index (χ2v) is 5.51. The molecule has 72 valence electrons. The lowest BCUT2D eigenvalue weighted by Gasteiger charge is -2.32. The fourth-order valence-electron chi connectivity index (χ4n) is 2.29. The molecule has 0 radical (unpaired) electrons. The number of piperidine rings is 1. The highest BCUT2D eigenvalue weighted by atomic mass is 14.9. The van der Waals surface area contributed by atoms with E-state index in [2.05, 4.69) is 33.0 Å². The van der Waals surface area contributed by atoms with Crippen LogP contribution in [0.15, 0.2) is 0 Å². The first-order chi connectivity index (χ1) is 5.47. The van der Waals surface area contributed by atoms with E-state index in [1.165, 1.54) is 25.8 Å². The van der Waals surface area contributed by atoms with Crippen molar-refractivity contribution in [3.63, 3.8) is 0 Å². The maximum Gasteiger partial charge on any atom is 0.00413 e. The molecule has 0 bridgehead atoms. The van der Waals surface area contributed by atoms with Crippen LogP contribution < -0.4 is 5.32 Å². The zero-order chi connectivity index (χ0) is 9.19. The standard InChI is InChI=1S/C11H23N/c1-9-7-10(5-6-12-9)8-11(2,3)4/h9-10,12H,5-8H2,1-4H3. The molecule has 1 rings (SSSR count). The molecule has 1 heteroatoms. The Kier molecular flexibility index (Phi) is 3.16. The maximum atomic E-state index is 3.50. The van der Waals surface area contributed by atoms with Gasteiger partial charge in [0.2, 0.25) is 0 Å². The minimum Gasteiger partial charge on any atom is -0.314 e. The zero-order valence-electron chi connectivity index (χ0n) is 8.98. The van der Waals surface area contributed by atoms with Gasteiger partial charge < -0.3 is 5.32 Å². The Hall–Kier alpha value is -0.0400. The molecule has 1 heterocycles. The Balaban J connectivity index is 2.32. The van der Waals surface area contributed by atoms with Gasteiger partial charge in [-0.2, -0.15) is 0 Å². The average molecular weight is 169 g/mol. The summed E-state index contributed by atoms with van der Waals surface area (Å²) in [5.74, 6) is 0.959. The third-order valence-electron chi connectivity index (χ3n) is 2.63. The molecule has 0 aliphatic carbocycles. The van der Waals surface area contributed by atoms with Crippen molar-refractivity contribution in [2.24, 2.45) is 11.3 Å². The second kappa shape index (κ2) is 3.78. The molecule has 0 saturated carbocycles. The molecule has 1 fully saturated rings. The van der Waals surface area contributed by atoms with E-state index in [9.17, 15) is 0 Å². The van der Waals surface area contributed by atoms with Gasteiger partial charge in [-0.05, 0) is 44.1 Å². The fraction of sp³-hybridized carbons (Fsp3) is 1.00.